The summed E-state index contributed by atoms with van der Waals surface area (Å²) in [4.78, 5) is 5.26. The summed E-state index contributed by atoms with van der Waals surface area (Å²) >= 11 is 0. The summed E-state index contributed by atoms with van der Waals surface area (Å²) < 4.78 is 8.53. The van der Waals surface area contributed by atoms with E-state index in [-0.39, 0.29) is 11.0 Å². The molecule has 0 N–H and O–H groups in total. The molecule has 2 aliphatic rings. The van der Waals surface area contributed by atoms with Crippen LogP contribution in [0.3, 0.4) is 0 Å². The van der Waals surface area contributed by atoms with Gasteiger partial charge in [0.25, 0.3) is 0 Å². The number of anilines is 1. The number of rotatable bonds is 11. The van der Waals surface area contributed by atoms with E-state index in [0.717, 1.165) is 6.54 Å². The molecule has 0 saturated heterocycles. The lowest BCUT2D eigenvalue weighted by Crippen LogP contribution is -2.54. The van der Waals surface area contributed by atoms with Crippen LogP contribution in [-0.4, -0.2) is 60.7 Å². The molecule has 1 aromatic rings. The fraction of sp³-hybridized carbons (Fsp3) is 0.800. The third kappa shape index (κ3) is 7.40. The number of methoxy groups -OCH3 is 1. The lowest BCUT2D eigenvalue weighted by molar-refractivity contribution is -0.578. The molecule has 0 atom stereocenters. The Labute approximate surface area is 242 Å². The largest absolute Gasteiger partial charge is 0.380 e. The third-order valence-electron chi connectivity index (χ3n) is 10.8. The second-order valence-corrected chi connectivity index (χ2v) is 14.2. The van der Waals surface area contributed by atoms with Crippen molar-refractivity contribution in [2.45, 2.75) is 143 Å². The van der Waals surface area contributed by atoms with E-state index in [2.05, 4.69) is 95.1 Å². The van der Waals surface area contributed by atoms with Crippen molar-refractivity contribution in [3.05, 3.63) is 29.3 Å². The Bertz CT molecular complexity index is 935. The zero-order valence-electron chi connectivity index (χ0n) is 27.4. The first-order valence-electron chi connectivity index (χ1n) is 16.1. The van der Waals surface area contributed by atoms with Crippen molar-refractivity contribution in [2.75, 3.05) is 32.6 Å². The van der Waals surface area contributed by atoms with Crippen LogP contribution in [0.2, 0.25) is 0 Å². The lowest BCUT2D eigenvalue weighted by atomic mass is 9.70. The fourth-order valence-corrected chi connectivity index (χ4v) is 7.27. The number of nitrogens with zero attached hydrogens (tertiary/aromatic N) is 3. The van der Waals surface area contributed by atoms with E-state index in [1.807, 2.05) is 0 Å². The zero-order chi connectivity index (χ0) is 28.8. The van der Waals surface area contributed by atoms with Gasteiger partial charge in [-0.3, -0.25) is 9.48 Å². The van der Waals surface area contributed by atoms with Gasteiger partial charge in [0.1, 0.15) is 0 Å². The maximum atomic E-state index is 5.62. The molecule has 0 spiro atoms. The Hall–Kier alpha value is -1.55. The first-order valence-corrected chi connectivity index (χ1v) is 16.1. The average Bonchev–Trinajstić information content (AvgIpc) is 2.92. The van der Waals surface area contributed by atoms with E-state index in [4.69, 9.17) is 4.74 Å². The number of hydrogen-bond acceptors (Lipinski definition) is 2. The van der Waals surface area contributed by atoms with Crippen molar-refractivity contribution in [3.63, 3.8) is 0 Å². The molecule has 39 heavy (non-hydrogen) atoms. The van der Waals surface area contributed by atoms with Gasteiger partial charge in [0.2, 0.25) is 5.84 Å². The molecule has 2 aliphatic carbocycles. The summed E-state index contributed by atoms with van der Waals surface area (Å²) in [5.41, 5.74) is 3.98. The Balaban J connectivity index is 1.93. The molecular weight excluding hydrogens is 478 g/mol. The standard InChI is InChI=1S/C35H62N3O/c1-27(2)33(36(8)29-19-13-11-14-20-29)38(30-21-15-12-16-22-30)25-24-34(4,5)35(6,7)37(9)32-23-17-18-28(3)31(32)26-39-10/h17-18,23,27,29-30H,11-16,19-22,24-26H2,1-10H3/q+1. The molecule has 1 aromatic carbocycles. The first-order chi connectivity index (χ1) is 18.4. The van der Waals surface area contributed by atoms with Crippen molar-refractivity contribution in [2.24, 2.45) is 11.3 Å². The topological polar surface area (TPSA) is 18.7 Å². The smallest absolute Gasteiger partial charge is 0.249 e. The van der Waals surface area contributed by atoms with E-state index in [1.54, 1.807) is 12.9 Å². The minimum atomic E-state index is -0.0330. The van der Waals surface area contributed by atoms with Gasteiger partial charge in [0.15, 0.2) is 0 Å². The minimum absolute atomic E-state index is 0.0330. The van der Waals surface area contributed by atoms with Crippen molar-refractivity contribution < 1.29 is 9.31 Å². The maximum absolute atomic E-state index is 5.62. The van der Waals surface area contributed by atoms with Crippen LogP contribution in [0, 0.1) is 18.3 Å². The summed E-state index contributed by atoms with van der Waals surface area (Å²) in [5.74, 6) is 2.15. The van der Waals surface area contributed by atoms with Crippen LogP contribution in [-0.2, 0) is 11.3 Å². The number of amidine groups is 1. The van der Waals surface area contributed by atoms with Crippen LogP contribution in [0.1, 0.15) is 123 Å². The Kier molecular flexibility index (Phi) is 11.4. The normalized spacial score (nSPS) is 18.8. The Morgan fingerprint density at radius 2 is 1.54 bits per heavy atom. The molecule has 2 saturated carbocycles. The van der Waals surface area contributed by atoms with Gasteiger partial charge in [-0.2, -0.15) is 0 Å². The van der Waals surface area contributed by atoms with Crippen molar-refractivity contribution in [3.8, 4) is 0 Å². The van der Waals surface area contributed by atoms with Crippen LogP contribution in [0.4, 0.5) is 5.69 Å². The van der Waals surface area contributed by atoms with Crippen LogP contribution in [0.25, 0.3) is 0 Å². The predicted octanol–water partition coefficient (Wildman–Crippen LogP) is 8.44. The van der Waals surface area contributed by atoms with Crippen LogP contribution in [0.15, 0.2) is 18.2 Å². The summed E-state index contributed by atoms with van der Waals surface area (Å²) in [6, 6.07) is 8.07. The molecule has 3 rings (SSSR count). The predicted molar refractivity (Wildman–Crippen MR) is 169 cm³/mol. The van der Waals surface area contributed by atoms with Gasteiger partial charge in [-0.25, -0.2) is 0 Å². The Morgan fingerprint density at radius 1 is 0.949 bits per heavy atom. The fourth-order valence-electron chi connectivity index (χ4n) is 7.27. The molecule has 222 valence electrons. The second-order valence-electron chi connectivity index (χ2n) is 14.2. The van der Waals surface area contributed by atoms with Gasteiger partial charge in [-0.15, -0.1) is 0 Å². The number of ether oxygens (including phenoxy) is 1. The number of aryl methyl sites for hydroxylation is 1. The minimum Gasteiger partial charge on any atom is -0.380 e. The van der Waals surface area contributed by atoms with E-state index < -0.39 is 0 Å². The lowest BCUT2D eigenvalue weighted by Gasteiger charge is -2.50. The molecule has 4 nitrogen and oxygen atoms in total. The molecular formula is C35H62N3O+. The molecule has 0 amide bonds. The van der Waals surface area contributed by atoms with Crippen LogP contribution in [0.5, 0.6) is 0 Å². The van der Waals surface area contributed by atoms with Gasteiger partial charge in [-0.1, -0.05) is 52.7 Å². The van der Waals surface area contributed by atoms with Gasteiger partial charge < -0.3 is 9.64 Å². The van der Waals surface area contributed by atoms with E-state index in [0.29, 0.717) is 24.6 Å². The van der Waals surface area contributed by atoms with Crippen LogP contribution < -0.4 is 4.90 Å². The average molecular weight is 541 g/mol. The van der Waals surface area contributed by atoms with E-state index in [1.165, 1.54) is 87.4 Å². The SMILES string of the molecule is COCc1c(C)cccc1N(C)C(C)(C)C(C)(C)CC/[N+](=C(/C(C)C)N(C)C1CCCCC1)C1CCCCC1. The van der Waals surface area contributed by atoms with Gasteiger partial charge in [0, 0.05) is 30.9 Å². The second kappa shape index (κ2) is 13.9. The molecule has 0 bridgehead atoms. The highest BCUT2D eigenvalue weighted by Crippen LogP contribution is 2.42. The quantitative estimate of drug-likeness (QED) is 0.159. The number of hydrogen-bond donors (Lipinski definition) is 0. The highest BCUT2D eigenvalue weighted by atomic mass is 16.5. The maximum Gasteiger partial charge on any atom is 0.249 e. The van der Waals surface area contributed by atoms with Crippen molar-refractivity contribution in [1.29, 1.82) is 0 Å². The summed E-state index contributed by atoms with van der Waals surface area (Å²) in [6.07, 6.45) is 14.9. The molecule has 0 unspecified atom stereocenters. The highest BCUT2D eigenvalue weighted by Gasteiger charge is 2.42. The summed E-state index contributed by atoms with van der Waals surface area (Å²) in [6.45, 7) is 18.7. The van der Waals surface area contributed by atoms with E-state index >= 15 is 0 Å². The molecule has 0 aliphatic heterocycles. The van der Waals surface area contributed by atoms with E-state index in [9.17, 15) is 0 Å². The number of benzene rings is 1. The van der Waals surface area contributed by atoms with Crippen LogP contribution >= 0.6 is 0 Å². The summed E-state index contributed by atoms with van der Waals surface area (Å²) in [5, 5.41) is 0. The molecule has 0 aromatic heterocycles. The molecule has 0 heterocycles. The molecule has 2 fully saturated rings. The highest BCUT2D eigenvalue weighted by molar-refractivity contribution is 5.79. The Morgan fingerprint density at radius 3 is 2.10 bits per heavy atom. The molecule has 0 radical (unpaired) electrons. The van der Waals surface area contributed by atoms with Gasteiger partial charge in [0.05, 0.1) is 38.2 Å². The summed E-state index contributed by atoms with van der Waals surface area (Å²) in [7, 11) is 6.51. The zero-order valence-corrected chi connectivity index (χ0v) is 27.4. The van der Waals surface area contributed by atoms with Gasteiger partial charge >= 0.3 is 0 Å². The van der Waals surface area contributed by atoms with Gasteiger partial charge in [-0.05, 0) is 95.6 Å². The monoisotopic (exact) mass is 540 g/mol. The van der Waals surface area contributed by atoms with Crippen molar-refractivity contribution in [1.82, 2.24) is 4.90 Å². The van der Waals surface area contributed by atoms with Crippen molar-refractivity contribution >= 4 is 11.5 Å². The third-order valence-corrected chi connectivity index (χ3v) is 10.8. The first kappa shape index (κ1) is 32.0. The molecule has 4 heteroatoms.